The van der Waals surface area contributed by atoms with Crippen LogP contribution in [0.1, 0.15) is 47.6 Å². The van der Waals surface area contributed by atoms with Crippen LogP contribution in [0.4, 0.5) is 13.2 Å². The quantitative estimate of drug-likeness (QED) is 0.841. The minimum Gasteiger partial charge on any atom is -0.496 e. The van der Waals surface area contributed by atoms with E-state index in [1.807, 2.05) is 11.1 Å². The minimum atomic E-state index is -4.43. The molecule has 0 radical (unpaired) electrons. The number of hydrogen-bond acceptors (Lipinski definition) is 5. The number of nitrogens with one attached hydrogen (secondary N) is 1. The maximum absolute atomic E-state index is 13.2. The fraction of sp³-hybridized carbons (Fsp3) is 0.429. The van der Waals surface area contributed by atoms with Gasteiger partial charge < -0.3 is 10.1 Å². The summed E-state index contributed by atoms with van der Waals surface area (Å²) in [7, 11) is 1.40. The summed E-state index contributed by atoms with van der Waals surface area (Å²) >= 11 is 0. The van der Waals surface area contributed by atoms with Crippen LogP contribution in [-0.4, -0.2) is 42.4 Å². The van der Waals surface area contributed by atoms with E-state index in [2.05, 4.69) is 10.3 Å². The smallest absolute Gasteiger partial charge is 0.416 e. The van der Waals surface area contributed by atoms with E-state index in [0.717, 1.165) is 55.6 Å². The first-order valence-corrected chi connectivity index (χ1v) is 9.71. The van der Waals surface area contributed by atoms with Crippen molar-refractivity contribution in [1.29, 1.82) is 0 Å². The molecule has 2 atom stereocenters. The third kappa shape index (κ3) is 3.94. The number of pyridine rings is 1. The first-order chi connectivity index (χ1) is 14.0. The normalized spacial score (nSPS) is 22.1. The molecule has 0 aliphatic carbocycles. The summed E-state index contributed by atoms with van der Waals surface area (Å²) in [6.07, 6.45) is 3.91. The monoisotopic (exact) mass is 404 g/mol. The lowest BCUT2D eigenvalue weighted by Gasteiger charge is -2.39. The summed E-state index contributed by atoms with van der Waals surface area (Å²) in [5, 5.41) is 10.1. The maximum Gasteiger partial charge on any atom is 0.416 e. The second-order valence-electron chi connectivity index (χ2n) is 7.34. The van der Waals surface area contributed by atoms with E-state index in [9.17, 15) is 13.2 Å². The highest BCUT2D eigenvalue weighted by atomic mass is 19.4. The molecule has 5 nitrogen and oxygen atoms in total. The first-order valence-electron chi connectivity index (χ1n) is 9.71. The molecule has 1 saturated heterocycles. The van der Waals surface area contributed by atoms with Gasteiger partial charge in [0.2, 0.25) is 0 Å². The molecule has 2 aromatic rings. The van der Waals surface area contributed by atoms with Crippen LogP contribution in [-0.2, 0) is 6.18 Å². The molecule has 0 spiro atoms. The Balaban J connectivity index is 1.81. The van der Waals surface area contributed by atoms with Crippen LogP contribution in [0, 0.1) is 0 Å². The highest BCUT2D eigenvalue weighted by molar-refractivity contribution is 5.83. The number of halogens is 3. The zero-order valence-electron chi connectivity index (χ0n) is 16.1. The zero-order valence-corrected chi connectivity index (χ0v) is 16.1. The topological polar surface area (TPSA) is 49.8 Å². The van der Waals surface area contributed by atoms with Crippen LogP contribution in [0.5, 0.6) is 5.75 Å². The lowest BCUT2D eigenvalue weighted by atomic mass is 9.91. The molecule has 1 unspecified atom stereocenters. The van der Waals surface area contributed by atoms with Gasteiger partial charge >= 0.3 is 6.18 Å². The molecular weight excluding hydrogens is 381 g/mol. The van der Waals surface area contributed by atoms with E-state index < -0.39 is 11.7 Å². The molecule has 29 heavy (non-hydrogen) atoms. The SMILES string of the molecule is COc1cc(C(F)(F)F)ccc1C1c2ccncc2C=NN1[C@@H]1CCCCNC1. The average molecular weight is 404 g/mol. The van der Waals surface area contributed by atoms with Crippen molar-refractivity contribution >= 4 is 6.21 Å². The van der Waals surface area contributed by atoms with E-state index in [0.29, 0.717) is 5.56 Å². The van der Waals surface area contributed by atoms with Gasteiger partial charge in [0.05, 0.1) is 24.9 Å². The van der Waals surface area contributed by atoms with Crippen LogP contribution in [0.25, 0.3) is 0 Å². The molecule has 1 fully saturated rings. The number of rotatable bonds is 3. The standard InChI is InChI=1S/C21H23F3N4O/c1-29-19-10-15(21(22,23)24)5-6-18(19)20-17-7-9-26-11-14(17)12-27-28(20)16-4-2-3-8-25-13-16/h5-7,9-12,16,20,25H,2-4,8,13H2,1H3/t16-,20?/m1/s1. The number of ether oxygens (including phenoxy) is 1. The molecule has 8 heteroatoms. The zero-order chi connectivity index (χ0) is 20.4. The number of methoxy groups -OCH3 is 1. The Morgan fingerprint density at radius 2 is 2.03 bits per heavy atom. The van der Waals surface area contributed by atoms with Crippen molar-refractivity contribution < 1.29 is 17.9 Å². The van der Waals surface area contributed by atoms with Crippen LogP contribution >= 0.6 is 0 Å². The van der Waals surface area contributed by atoms with Gasteiger partial charge in [-0.3, -0.25) is 9.99 Å². The number of alkyl halides is 3. The minimum absolute atomic E-state index is 0.132. The molecule has 1 aromatic heterocycles. The van der Waals surface area contributed by atoms with Crippen molar-refractivity contribution in [3.63, 3.8) is 0 Å². The van der Waals surface area contributed by atoms with Gasteiger partial charge in [0.15, 0.2) is 0 Å². The number of hydrazone groups is 1. The summed E-state index contributed by atoms with van der Waals surface area (Å²) in [6.45, 7) is 1.74. The van der Waals surface area contributed by atoms with Crippen molar-refractivity contribution in [2.45, 2.75) is 37.5 Å². The number of aromatic nitrogens is 1. The van der Waals surface area contributed by atoms with E-state index in [-0.39, 0.29) is 17.8 Å². The number of nitrogens with zero attached hydrogens (tertiary/aromatic N) is 3. The molecule has 4 rings (SSSR count). The summed E-state index contributed by atoms with van der Waals surface area (Å²) in [5.74, 6) is 0.205. The summed E-state index contributed by atoms with van der Waals surface area (Å²) in [6, 6.07) is 5.37. The lowest BCUT2D eigenvalue weighted by molar-refractivity contribution is -0.137. The van der Waals surface area contributed by atoms with Crippen LogP contribution in [0.15, 0.2) is 41.8 Å². The molecule has 1 aromatic carbocycles. The van der Waals surface area contributed by atoms with Crippen LogP contribution in [0.2, 0.25) is 0 Å². The summed E-state index contributed by atoms with van der Waals surface area (Å²) in [4.78, 5) is 4.17. The van der Waals surface area contributed by atoms with E-state index in [1.165, 1.54) is 13.2 Å². The van der Waals surface area contributed by atoms with Crippen LogP contribution in [0.3, 0.4) is 0 Å². The van der Waals surface area contributed by atoms with Crippen molar-refractivity contribution in [2.75, 3.05) is 20.2 Å². The fourth-order valence-electron chi connectivity index (χ4n) is 4.07. The third-order valence-corrected chi connectivity index (χ3v) is 5.53. The maximum atomic E-state index is 13.2. The summed E-state index contributed by atoms with van der Waals surface area (Å²) in [5.41, 5.74) is 1.75. The largest absolute Gasteiger partial charge is 0.496 e. The predicted octanol–water partition coefficient (Wildman–Crippen LogP) is 3.99. The highest BCUT2D eigenvalue weighted by Crippen LogP contribution is 2.42. The number of fused-ring (bicyclic) bond motifs is 1. The van der Waals surface area contributed by atoms with Gasteiger partial charge in [0.25, 0.3) is 0 Å². The Morgan fingerprint density at radius 1 is 1.17 bits per heavy atom. The molecule has 1 N–H and O–H groups in total. The average Bonchev–Trinajstić information content (AvgIpc) is 3.01. The van der Waals surface area contributed by atoms with Crippen molar-refractivity contribution in [1.82, 2.24) is 15.3 Å². The third-order valence-electron chi connectivity index (χ3n) is 5.53. The predicted molar refractivity (Wildman–Crippen MR) is 104 cm³/mol. The Bertz CT molecular complexity index is 892. The van der Waals surface area contributed by atoms with E-state index >= 15 is 0 Å². The first kappa shape index (κ1) is 19.7. The Morgan fingerprint density at radius 3 is 2.83 bits per heavy atom. The van der Waals surface area contributed by atoms with Gasteiger partial charge in [-0.25, -0.2) is 0 Å². The lowest BCUT2D eigenvalue weighted by Crippen LogP contribution is -2.42. The Labute approximate surface area is 167 Å². The Hall–Kier alpha value is -2.61. The summed E-state index contributed by atoms with van der Waals surface area (Å²) < 4.78 is 45.1. The second kappa shape index (κ2) is 8.02. The van der Waals surface area contributed by atoms with Crippen LogP contribution < -0.4 is 10.1 Å². The molecule has 154 valence electrons. The van der Waals surface area contributed by atoms with Gasteiger partial charge in [-0.05, 0) is 43.1 Å². The molecular formula is C21H23F3N4O. The van der Waals surface area contributed by atoms with Crippen molar-refractivity contribution in [3.05, 3.63) is 58.9 Å². The molecule has 0 amide bonds. The van der Waals surface area contributed by atoms with Gasteiger partial charge in [0.1, 0.15) is 11.8 Å². The highest BCUT2D eigenvalue weighted by Gasteiger charge is 2.36. The fourth-order valence-corrected chi connectivity index (χ4v) is 4.07. The van der Waals surface area contributed by atoms with Gasteiger partial charge in [0, 0.05) is 30.1 Å². The second-order valence-corrected chi connectivity index (χ2v) is 7.34. The van der Waals surface area contributed by atoms with Gasteiger partial charge in [-0.1, -0.05) is 12.5 Å². The number of benzene rings is 1. The molecule has 0 bridgehead atoms. The van der Waals surface area contributed by atoms with E-state index in [4.69, 9.17) is 9.84 Å². The molecule has 2 aliphatic heterocycles. The molecule has 3 heterocycles. The number of hydrogen-bond donors (Lipinski definition) is 1. The van der Waals surface area contributed by atoms with Gasteiger partial charge in [-0.15, -0.1) is 0 Å². The van der Waals surface area contributed by atoms with Crippen molar-refractivity contribution in [3.8, 4) is 5.75 Å². The molecule has 0 saturated carbocycles. The molecule has 2 aliphatic rings. The van der Waals surface area contributed by atoms with Gasteiger partial charge in [-0.2, -0.15) is 18.3 Å². The van der Waals surface area contributed by atoms with Crippen molar-refractivity contribution in [2.24, 2.45) is 5.10 Å². The van der Waals surface area contributed by atoms with E-state index in [1.54, 1.807) is 18.6 Å². The Kier molecular flexibility index (Phi) is 5.45.